The third kappa shape index (κ3) is 4.33. The summed E-state index contributed by atoms with van der Waals surface area (Å²) in [5.41, 5.74) is 4.06. The maximum atomic E-state index is 11.3. The zero-order chi connectivity index (χ0) is 11.8. The largest absolute Gasteiger partial charge is 0.466 e. The number of nitrogens with zero attached hydrogens (tertiary/aromatic N) is 1. The monoisotopic (exact) mass is 226 g/mol. The molecule has 1 N–H and O–H groups in total. The molecule has 0 aromatic heterocycles. The quantitative estimate of drug-likeness (QED) is 0.569. The minimum Gasteiger partial charge on any atom is -0.466 e. The van der Waals surface area contributed by atoms with E-state index in [2.05, 4.69) is 10.4 Å². The lowest BCUT2D eigenvalue weighted by Gasteiger charge is -2.26. The third-order valence-corrected chi connectivity index (χ3v) is 2.85. The van der Waals surface area contributed by atoms with Crippen LogP contribution in [0, 0.1) is 0 Å². The van der Waals surface area contributed by atoms with Crippen LogP contribution >= 0.6 is 0 Å². The van der Waals surface area contributed by atoms with Crippen molar-refractivity contribution < 1.29 is 9.53 Å². The Morgan fingerprint density at radius 3 is 2.62 bits per heavy atom. The Morgan fingerprint density at radius 1 is 1.38 bits per heavy atom. The van der Waals surface area contributed by atoms with Gasteiger partial charge in [-0.25, -0.2) is 9.80 Å². The lowest BCUT2D eigenvalue weighted by molar-refractivity contribution is -0.136. The Labute approximate surface area is 97.6 Å². The first kappa shape index (κ1) is 13.2. The Kier molecular flexibility index (Phi) is 6.11. The third-order valence-electron chi connectivity index (χ3n) is 2.85. The number of hydrazine groups is 1. The smallest absolute Gasteiger partial charge is 0.333 e. The molecule has 1 rings (SSSR count). The van der Waals surface area contributed by atoms with E-state index in [0.29, 0.717) is 13.0 Å². The lowest BCUT2D eigenvalue weighted by Crippen LogP contribution is -2.41. The van der Waals surface area contributed by atoms with Gasteiger partial charge in [-0.15, -0.1) is 0 Å². The van der Waals surface area contributed by atoms with Crippen LogP contribution < -0.4 is 5.43 Å². The molecule has 0 spiro atoms. The van der Waals surface area contributed by atoms with Crippen molar-refractivity contribution in [1.82, 2.24) is 10.4 Å². The van der Waals surface area contributed by atoms with Gasteiger partial charge in [-0.2, -0.15) is 0 Å². The molecule has 0 radical (unpaired) electrons. The van der Waals surface area contributed by atoms with Crippen LogP contribution in [0.2, 0.25) is 0 Å². The summed E-state index contributed by atoms with van der Waals surface area (Å²) >= 11 is 0. The van der Waals surface area contributed by atoms with E-state index in [1.54, 1.807) is 0 Å². The standard InChI is InChI=1S/C12H22N2O2/c1-3-11(12(15)16-2)7-8-13-14-9-5-4-6-10-14/h7,13H,3-6,8-10H2,1-2H3. The normalized spacial score (nSPS) is 18.5. The molecular weight excluding hydrogens is 204 g/mol. The molecule has 1 saturated heterocycles. The fourth-order valence-corrected chi connectivity index (χ4v) is 1.85. The highest BCUT2D eigenvalue weighted by atomic mass is 16.5. The molecule has 0 aliphatic carbocycles. The minimum atomic E-state index is -0.219. The number of methoxy groups -OCH3 is 1. The van der Waals surface area contributed by atoms with Gasteiger partial charge in [0.05, 0.1) is 7.11 Å². The van der Waals surface area contributed by atoms with Crippen LogP contribution in [-0.2, 0) is 9.53 Å². The van der Waals surface area contributed by atoms with E-state index in [4.69, 9.17) is 4.74 Å². The van der Waals surface area contributed by atoms with Crippen LogP contribution in [-0.4, -0.2) is 37.7 Å². The van der Waals surface area contributed by atoms with Gasteiger partial charge in [0.1, 0.15) is 0 Å². The molecule has 92 valence electrons. The van der Waals surface area contributed by atoms with Gasteiger partial charge in [0.15, 0.2) is 0 Å². The van der Waals surface area contributed by atoms with Crippen molar-refractivity contribution in [2.24, 2.45) is 0 Å². The zero-order valence-electron chi connectivity index (χ0n) is 10.3. The van der Waals surface area contributed by atoms with Crippen molar-refractivity contribution in [1.29, 1.82) is 0 Å². The molecule has 4 heteroatoms. The summed E-state index contributed by atoms with van der Waals surface area (Å²) in [6.45, 7) is 4.88. The molecule has 1 aliphatic heterocycles. The average Bonchev–Trinajstić information content (AvgIpc) is 2.35. The van der Waals surface area contributed by atoms with Gasteiger partial charge in [0.25, 0.3) is 0 Å². The van der Waals surface area contributed by atoms with Crippen molar-refractivity contribution in [2.75, 3.05) is 26.7 Å². The van der Waals surface area contributed by atoms with Gasteiger partial charge < -0.3 is 4.74 Å². The number of ether oxygens (including phenoxy) is 1. The molecule has 0 aromatic carbocycles. The summed E-state index contributed by atoms with van der Waals surface area (Å²) in [7, 11) is 1.42. The highest BCUT2D eigenvalue weighted by Crippen LogP contribution is 2.06. The molecule has 0 bridgehead atoms. The molecule has 1 aliphatic rings. The van der Waals surface area contributed by atoms with E-state index < -0.39 is 0 Å². The lowest BCUT2D eigenvalue weighted by atomic mass is 10.2. The summed E-state index contributed by atoms with van der Waals surface area (Å²) < 4.78 is 4.70. The molecule has 1 heterocycles. The maximum Gasteiger partial charge on any atom is 0.333 e. The zero-order valence-corrected chi connectivity index (χ0v) is 10.3. The van der Waals surface area contributed by atoms with Crippen LogP contribution in [0.15, 0.2) is 11.6 Å². The Bertz CT molecular complexity index is 245. The summed E-state index contributed by atoms with van der Waals surface area (Å²) in [5, 5.41) is 2.23. The Hall–Kier alpha value is -0.870. The van der Waals surface area contributed by atoms with Crippen molar-refractivity contribution in [3.63, 3.8) is 0 Å². The van der Waals surface area contributed by atoms with Crippen LogP contribution in [0.25, 0.3) is 0 Å². The van der Waals surface area contributed by atoms with Crippen LogP contribution in [0.1, 0.15) is 32.6 Å². The molecule has 16 heavy (non-hydrogen) atoms. The molecule has 0 unspecified atom stereocenters. The van der Waals surface area contributed by atoms with Crippen LogP contribution in [0.5, 0.6) is 0 Å². The van der Waals surface area contributed by atoms with E-state index in [0.717, 1.165) is 18.7 Å². The number of hydrogen-bond acceptors (Lipinski definition) is 4. The van der Waals surface area contributed by atoms with E-state index in [1.807, 2.05) is 13.0 Å². The summed E-state index contributed by atoms with van der Waals surface area (Å²) in [5.74, 6) is -0.219. The van der Waals surface area contributed by atoms with Gasteiger partial charge in [0.2, 0.25) is 0 Å². The van der Waals surface area contributed by atoms with E-state index in [-0.39, 0.29) is 5.97 Å². The molecule has 0 amide bonds. The number of esters is 1. The number of piperidine rings is 1. The van der Waals surface area contributed by atoms with E-state index in [1.165, 1.54) is 26.4 Å². The topological polar surface area (TPSA) is 41.6 Å². The van der Waals surface area contributed by atoms with Gasteiger partial charge >= 0.3 is 5.97 Å². The SMILES string of the molecule is CCC(=CCNN1CCCCC1)C(=O)OC. The highest BCUT2D eigenvalue weighted by molar-refractivity contribution is 5.88. The fourth-order valence-electron chi connectivity index (χ4n) is 1.85. The fraction of sp³-hybridized carbons (Fsp3) is 0.750. The summed E-state index contributed by atoms with van der Waals surface area (Å²) in [6, 6.07) is 0. The maximum absolute atomic E-state index is 11.3. The van der Waals surface area contributed by atoms with Gasteiger partial charge in [0, 0.05) is 25.2 Å². The predicted octanol–water partition coefficient (Wildman–Crippen LogP) is 1.49. The second-order valence-corrected chi connectivity index (χ2v) is 3.98. The Balaban J connectivity index is 2.30. The summed E-state index contributed by atoms with van der Waals surface area (Å²) in [4.78, 5) is 11.3. The predicted molar refractivity (Wildman–Crippen MR) is 63.8 cm³/mol. The highest BCUT2D eigenvalue weighted by Gasteiger charge is 2.09. The number of carbonyl (C=O) groups is 1. The minimum absolute atomic E-state index is 0.219. The second kappa shape index (κ2) is 7.41. The molecule has 1 fully saturated rings. The summed E-state index contributed by atoms with van der Waals surface area (Å²) in [6.07, 6.45) is 6.48. The van der Waals surface area contributed by atoms with Gasteiger partial charge in [-0.1, -0.05) is 19.4 Å². The number of hydrogen-bond donors (Lipinski definition) is 1. The molecule has 4 nitrogen and oxygen atoms in total. The van der Waals surface area contributed by atoms with Crippen LogP contribution in [0.3, 0.4) is 0 Å². The average molecular weight is 226 g/mol. The van der Waals surface area contributed by atoms with Crippen molar-refractivity contribution in [3.05, 3.63) is 11.6 Å². The van der Waals surface area contributed by atoms with Gasteiger partial charge in [-0.05, 0) is 19.3 Å². The van der Waals surface area contributed by atoms with E-state index >= 15 is 0 Å². The first-order valence-electron chi connectivity index (χ1n) is 6.03. The Morgan fingerprint density at radius 2 is 2.06 bits per heavy atom. The first-order valence-corrected chi connectivity index (χ1v) is 6.03. The van der Waals surface area contributed by atoms with Crippen molar-refractivity contribution in [2.45, 2.75) is 32.6 Å². The van der Waals surface area contributed by atoms with Crippen molar-refractivity contribution >= 4 is 5.97 Å². The van der Waals surface area contributed by atoms with E-state index in [9.17, 15) is 4.79 Å². The number of rotatable bonds is 5. The molecular formula is C12H22N2O2. The second-order valence-electron chi connectivity index (χ2n) is 3.98. The molecule has 0 atom stereocenters. The van der Waals surface area contributed by atoms with Crippen LogP contribution in [0.4, 0.5) is 0 Å². The number of carbonyl (C=O) groups excluding carboxylic acids is 1. The number of nitrogens with one attached hydrogen (secondary N) is 1. The van der Waals surface area contributed by atoms with Crippen molar-refractivity contribution in [3.8, 4) is 0 Å². The first-order chi connectivity index (χ1) is 7.77. The molecule has 0 saturated carbocycles. The molecule has 0 aromatic rings. The van der Waals surface area contributed by atoms with Gasteiger partial charge in [-0.3, -0.25) is 5.43 Å².